The maximum atomic E-state index is 5.20. The standard InChI is InChI=1S/C10H9BrN2O2S/c1-6-8(3-4-15-6)16-10-12-5-7(11)9(13-10)14-2/h3-5H,1-2H3. The Morgan fingerprint density at radius 3 is 2.94 bits per heavy atom. The molecule has 2 rings (SSSR count). The monoisotopic (exact) mass is 300 g/mol. The van der Waals surface area contributed by atoms with Crippen LogP contribution in [0.5, 0.6) is 5.88 Å². The van der Waals surface area contributed by atoms with E-state index in [1.54, 1.807) is 19.6 Å². The van der Waals surface area contributed by atoms with Gasteiger partial charge in [-0.1, -0.05) is 0 Å². The van der Waals surface area contributed by atoms with Gasteiger partial charge in [0.05, 0.1) is 22.7 Å². The molecule has 0 radical (unpaired) electrons. The van der Waals surface area contributed by atoms with Gasteiger partial charge in [0.15, 0.2) is 5.16 Å². The van der Waals surface area contributed by atoms with E-state index in [1.807, 2.05) is 13.0 Å². The summed E-state index contributed by atoms with van der Waals surface area (Å²) in [6, 6.07) is 1.89. The first kappa shape index (κ1) is 11.5. The van der Waals surface area contributed by atoms with Crippen LogP contribution in [0.1, 0.15) is 5.76 Å². The highest BCUT2D eigenvalue weighted by Crippen LogP contribution is 2.31. The molecular formula is C10H9BrN2O2S. The molecular weight excluding hydrogens is 292 g/mol. The minimum absolute atomic E-state index is 0.527. The Labute approximate surface area is 106 Å². The van der Waals surface area contributed by atoms with Crippen molar-refractivity contribution in [1.82, 2.24) is 9.97 Å². The van der Waals surface area contributed by atoms with E-state index in [1.165, 1.54) is 11.8 Å². The molecule has 4 nitrogen and oxygen atoms in total. The van der Waals surface area contributed by atoms with Crippen LogP contribution in [-0.4, -0.2) is 17.1 Å². The molecule has 0 amide bonds. The fraction of sp³-hybridized carbons (Fsp3) is 0.200. The van der Waals surface area contributed by atoms with Gasteiger partial charge < -0.3 is 9.15 Å². The van der Waals surface area contributed by atoms with E-state index in [9.17, 15) is 0 Å². The Balaban J connectivity index is 2.25. The summed E-state index contributed by atoms with van der Waals surface area (Å²) in [5, 5.41) is 0.629. The molecule has 2 aromatic rings. The van der Waals surface area contributed by atoms with Crippen LogP contribution in [0.15, 0.2) is 37.5 Å². The molecule has 84 valence electrons. The lowest BCUT2D eigenvalue weighted by Crippen LogP contribution is -1.93. The van der Waals surface area contributed by atoms with Gasteiger partial charge in [0, 0.05) is 6.20 Å². The largest absolute Gasteiger partial charge is 0.480 e. The summed E-state index contributed by atoms with van der Waals surface area (Å²) < 4.78 is 11.0. The first-order valence-electron chi connectivity index (χ1n) is 4.49. The van der Waals surface area contributed by atoms with Crippen molar-refractivity contribution in [3.8, 4) is 5.88 Å². The minimum atomic E-state index is 0.527. The number of halogens is 1. The van der Waals surface area contributed by atoms with Crippen molar-refractivity contribution in [2.75, 3.05) is 7.11 Å². The molecule has 2 aromatic heterocycles. The second-order valence-electron chi connectivity index (χ2n) is 2.95. The molecule has 6 heteroatoms. The Kier molecular flexibility index (Phi) is 3.50. The van der Waals surface area contributed by atoms with Crippen molar-refractivity contribution < 1.29 is 9.15 Å². The summed E-state index contributed by atoms with van der Waals surface area (Å²) in [4.78, 5) is 9.44. The first-order valence-corrected chi connectivity index (χ1v) is 6.10. The summed E-state index contributed by atoms with van der Waals surface area (Å²) in [5.74, 6) is 1.38. The fourth-order valence-corrected chi connectivity index (χ4v) is 2.21. The lowest BCUT2D eigenvalue weighted by molar-refractivity contribution is 0.389. The van der Waals surface area contributed by atoms with Crippen LogP contribution in [0.25, 0.3) is 0 Å². The molecule has 16 heavy (non-hydrogen) atoms. The highest BCUT2D eigenvalue weighted by molar-refractivity contribution is 9.10. The number of hydrogen-bond donors (Lipinski definition) is 0. The molecule has 0 saturated heterocycles. The Morgan fingerprint density at radius 2 is 2.31 bits per heavy atom. The molecule has 0 atom stereocenters. The number of furan rings is 1. The number of aryl methyl sites for hydroxylation is 1. The first-order chi connectivity index (χ1) is 7.70. The lowest BCUT2D eigenvalue weighted by Gasteiger charge is -2.03. The van der Waals surface area contributed by atoms with Crippen LogP contribution in [0, 0.1) is 6.92 Å². The van der Waals surface area contributed by atoms with E-state index in [2.05, 4.69) is 25.9 Å². The predicted octanol–water partition coefficient (Wildman–Crippen LogP) is 3.30. The third kappa shape index (κ3) is 2.38. The molecule has 0 saturated carbocycles. The summed E-state index contributed by atoms with van der Waals surface area (Å²) in [5.41, 5.74) is 0. The number of aromatic nitrogens is 2. The van der Waals surface area contributed by atoms with Crippen molar-refractivity contribution in [2.24, 2.45) is 0 Å². The second kappa shape index (κ2) is 4.88. The van der Waals surface area contributed by atoms with Crippen molar-refractivity contribution in [3.63, 3.8) is 0 Å². The zero-order valence-electron chi connectivity index (χ0n) is 8.73. The number of methoxy groups -OCH3 is 1. The average molecular weight is 301 g/mol. The van der Waals surface area contributed by atoms with E-state index in [-0.39, 0.29) is 0 Å². The minimum Gasteiger partial charge on any atom is -0.480 e. The molecule has 0 aliphatic carbocycles. The summed E-state index contributed by atoms with van der Waals surface area (Å²) in [6.45, 7) is 1.90. The molecule has 0 spiro atoms. The van der Waals surface area contributed by atoms with Gasteiger partial charge in [-0.25, -0.2) is 4.98 Å². The maximum absolute atomic E-state index is 5.20. The smallest absolute Gasteiger partial charge is 0.231 e. The number of ether oxygens (including phenoxy) is 1. The average Bonchev–Trinajstić information content (AvgIpc) is 2.67. The number of rotatable bonds is 3. The summed E-state index contributed by atoms with van der Waals surface area (Å²) >= 11 is 4.75. The topological polar surface area (TPSA) is 48.2 Å². The van der Waals surface area contributed by atoms with Crippen molar-refractivity contribution in [3.05, 3.63) is 28.8 Å². The van der Waals surface area contributed by atoms with Gasteiger partial charge in [0.2, 0.25) is 5.88 Å². The van der Waals surface area contributed by atoms with Crippen LogP contribution >= 0.6 is 27.7 Å². The van der Waals surface area contributed by atoms with Gasteiger partial charge >= 0.3 is 0 Å². The molecule has 0 bridgehead atoms. The zero-order valence-corrected chi connectivity index (χ0v) is 11.1. The van der Waals surface area contributed by atoms with Crippen molar-refractivity contribution in [1.29, 1.82) is 0 Å². The third-order valence-electron chi connectivity index (χ3n) is 1.90. The highest BCUT2D eigenvalue weighted by Gasteiger charge is 2.09. The predicted molar refractivity (Wildman–Crippen MR) is 63.9 cm³/mol. The van der Waals surface area contributed by atoms with Gasteiger partial charge in [-0.15, -0.1) is 0 Å². The van der Waals surface area contributed by atoms with Crippen LogP contribution in [0.3, 0.4) is 0 Å². The van der Waals surface area contributed by atoms with Crippen LogP contribution in [0.4, 0.5) is 0 Å². The van der Waals surface area contributed by atoms with E-state index in [0.29, 0.717) is 11.0 Å². The summed E-state index contributed by atoms with van der Waals surface area (Å²) in [7, 11) is 1.57. The van der Waals surface area contributed by atoms with E-state index in [0.717, 1.165) is 15.1 Å². The summed E-state index contributed by atoms with van der Waals surface area (Å²) in [6.07, 6.45) is 3.32. The Bertz CT molecular complexity index is 501. The van der Waals surface area contributed by atoms with Gasteiger partial charge in [-0.2, -0.15) is 4.98 Å². The number of hydrogen-bond acceptors (Lipinski definition) is 5. The van der Waals surface area contributed by atoms with Crippen molar-refractivity contribution in [2.45, 2.75) is 17.0 Å². The van der Waals surface area contributed by atoms with Crippen LogP contribution < -0.4 is 4.74 Å². The Morgan fingerprint density at radius 1 is 1.50 bits per heavy atom. The molecule has 0 aliphatic rings. The van der Waals surface area contributed by atoms with Gasteiger partial charge in [0.1, 0.15) is 5.76 Å². The highest BCUT2D eigenvalue weighted by atomic mass is 79.9. The molecule has 0 aliphatic heterocycles. The van der Waals surface area contributed by atoms with E-state index in [4.69, 9.17) is 9.15 Å². The molecule has 0 fully saturated rings. The molecule has 0 unspecified atom stereocenters. The van der Waals surface area contributed by atoms with Crippen LogP contribution in [-0.2, 0) is 0 Å². The van der Waals surface area contributed by atoms with E-state index >= 15 is 0 Å². The maximum Gasteiger partial charge on any atom is 0.231 e. The quantitative estimate of drug-likeness (QED) is 0.814. The van der Waals surface area contributed by atoms with Crippen molar-refractivity contribution >= 4 is 27.7 Å². The number of nitrogens with zero attached hydrogens (tertiary/aromatic N) is 2. The molecule has 0 aromatic carbocycles. The van der Waals surface area contributed by atoms with Crippen LogP contribution in [0.2, 0.25) is 0 Å². The van der Waals surface area contributed by atoms with Gasteiger partial charge in [-0.05, 0) is 40.7 Å². The van der Waals surface area contributed by atoms with E-state index < -0.39 is 0 Å². The van der Waals surface area contributed by atoms with Gasteiger partial charge in [-0.3, -0.25) is 0 Å². The third-order valence-corrected chi connectivity index (χ3v) is 3.46. The zero-order chi connectivity index (χ0) is 11.5. The van der Waals surface area contributed by atoms with Gasteiger partial charge in [0.25, 0.3) is 0 Å². The normalized spacial score (nSPS) is 10.4. The molecule has 0 N–H and O–H groups in total. The lowest BCUT2D eigenvalue weighted by atomic mass is 10.5. The Hall–Kier alpha value is -1.01. The molecule has 2 heterocycles. The second-order valence-corrected chi connectivity index (χ2v) is 4.82. The fourth-order valence-electron chi connectivity index (χ4n) is 1.11. The SMILES string of the molecule is COc1nc(Sc2ccoc2C)ncc1Br.